The van der Waals surface area contributed by atoms with Crippen molar-refractivity contribution in [1.82, 2.24) is 4.90 Å². The number of rotatable bonds is 4. The molecule has 1 aliphatic heterocycles. The van der Waals surface area contributed by atoms with Gasteiger partial charge in [-0.05, 0) is 57.7 Å². The fourth-order valence-corrected chi connectivity index (χ4v) is 3.06. The van der Waals surface area contributed by atoms with Crippen LogP contribution in [-0.2, 0) is 9.53 Å². The van der Waals surface area contributed by atoms with Crippen molar-refractivity contribution in [3.63, 3.8) is 0 Å². The maximum absolute atomic E-state index is 13.1. The van der Waals surface area contributed by atoms with Gasteiger partial charge in [-0.15, -0.1) is 0 Å². The predicted octanol–water partition coefficient (Wildman–Crippen LogP) is 3.15. The number of halogens is 1. The Morgan fingerprint density at radius 2 is 1.77 bits per heavy atom. The molecule has 0 saturated carbocycles. The summed E-state index contributed by atoms with van der Waals surface area (Å²) < 4.78 is 18.4. The molecule has 1 heterocycles. The third-order valence-electron chi connectivity index (χ3n) is 4.50. The smallest absolute Gasteiger partial charge is 0.410 e. The molecule has 1 fully saturated rings. The van der Waals surface area contributed by atoms with Gasteiger partial charge in [0, 0.05) is 13.1 Å². The second kappa shape index (κ2) is 7.61. The van der Waals surface area contributed by atoms with Crippen LogP contribution in [0, 0.1) is 5.82 Å². The van der Waals surface area contributed by atoms with E-state index in [1.165, 1.54) is 29.2 Å². The van der Waals surface area contributed by atoms with Gasteiger partial charge in [-0.3, -0.25) is 4.79 Å². The summed E-state index contributed by atoms with van der Waals surface area (Å²) in [6.07, 6.45) is 0.0951. The summed E-state index contributed by atoms with van der Waals surface area (Å²) >= 11 is 0. The average molecular weight is 367 g/mol. The summed E-state index contributed by atoms with van der Waals surface area (Å²) in [5, 5.41) is 20.3. The minimum atomic E-state index is -1.20. The van der Waals surface area contributed by atoms with E-state index in [2.05, 4.69) is 0 Å². The van der Waals surface area contributed by atoms with Crippen LogP contribution < -0.4 is 0 Å². The molecule has 7 heteroatoms. The lowest BCUT2D eigenvalue weighted by molar-refractivity contribution is -0.141. The highest BCUT2D eigenvalue weighted by molar-refractivity contribution is 5.76. The van der Waals surface area contributed by atoms with Gasteiger partial charge in [0.25, 0.3) is 0 Å². The van der Waals surface area contributed by atoms with Crippen molar-refractivity contribution < 1.29 is 28.9 Å². The highest BCUT2D eigenvalue weighted by atomic mass is 19.1. The van der Waals surface area contributed by atoms with E-state index in [1.54, 1.807) is 20.8 Å². The van der Waals surface area contributed by atoms with Crippen LogP contribution in [-0.4, -0.2) is 51.5 Å². The quantitative estimate of drug-likeness (QED) is 0.854. The molecule has 6 nitrogen and oxygen atoms in total. The lowest BCUT2D eigenvalue weighted by atomic mass is 9.80. The minimum absolute atomic E-state index is 0.0100. The Labute approximate surface area is 152 Å². The van der Waals surface area contributed by atoms with Gasteiger partial charge < -0.3 is 19.8 Å². The van der Waals surface area contributed by atoms with Crippen molar-refractivity contribution in [1.29, 1.82) is 0 Å². The Morgan fingerprint density at radius 3 is 2.23 bits per heavy atom. The van der Waals surface area contributed by atoms with Crippen LogP contribution in [0.4, 0.5) is 9.18 Å². The van der Waals surface area contributed by atoms with Gasteiger partial charge in [-0.25, -0.2) is 9.18 Å². The zero-order valence-corrected chi connectivity index (χ0v) is 15.4. The molecule has 1 aliphatic rings. The number of carboxylic acid groups (broad SMARTS) is 1. The molecule has 0 radical (unpaired) electrons. The summed E-state index contributed by atoms with van der Waals surface area (Å²) in [7, 11) is 0. The topological polar surface area (TPSA) is 87.1 Å². The highest BCUT2D eigenvalue weighted by Crippen LogP contribution is 2.34. The largest absolute Gasteiger partial charge is 0.481 e. The Hall–Kier alpha value is -2.15. The molecule has 2 rings (SSSR count). The van der Waals surface area contributed by atoms with Gasteiger partial charge in [0.1, 0.15) is 11.4 Å². The zero-order valence-electron chi connectivity index (χ0n) is 15.4. The second-order valence-electron chi connectivity index (χ2n) is 7.84. The number of carboxylic acids is 1. The zero-order chi connectivity index (χ0) is 19.5. The maximum atomic E-state index is 13.1. The lowest BCUT2D eigenvalue weighted by Gasteiger charge is -2.39. The minimum Gasteiger partial charge on any atom is -0.481 e. The number of aliphatic hydroxyl groups is 1. The number of hydrogen-bond donors (Lipinski definition) is 2. The van der Waals surface area contributed by atoms with Gasteiger partial charge in [-0.1, -0.05) is 12.1 Å². The molecule has 1 saturated heterocycles. The summed E-state index contributed by atoms with van der Waals surface area (Å²) in [5.74, 6) is -2.45. The van der Waals surface area contributed by atoms with E-state index in [1.807, 2.05) is 0 Å². The number of piperidine rings is 1. The molecule has 1 unspecified atom stereocenters. The summed E-state index contributed by atoms with van der Waals surface area (Å²) in [4.78, 5) is 25.3. The number of benzene rings is 1. The molecule has 1 aromatic rings. The van der Waals surface area contributed by atoms with E-state index in [9.17, 15) is 24.2 Å². The monoisotopic (exact) mass is 367 g/mol. The molecule has 0 aromatic heterocycles. The number of hydrogen-bond acceptors (Lipinski definition) is 4. The van der Waals surface area contributed by atoms with Crippen molar-refractivity contribution >= 4 is 12.1 Å². The second-order valence-corrected chi connectivity index (χ2v) is 7.84. The molecule has 0 spiro atoms. The molecular weight excluding hydrogens is 341 g/mol. The normalized spacial score (nSPS) is 18.3. The van der Waals surface area contributed by atoms with E-state index in [4.69, 9.17) is 4.74 Å². The van der Waals surface area contributed by atoms with Crippen molar-refractivity contribution in [3.05, 3.63) is 35.6 Å². The van der Waals surface area contributed by atoms with Crippen LogP contribution in [0.2, 0.25) is 0 Å². The van der Waals surface area contributed by atoms with E-state index in [0.29, 0.717) is 18.7 Å². The molecule has 1 atom stereocenters. The number of likely N-dealkylation sites (tertiary alicyclic amines) is 1. The van der Waals surface area contributed by atoms with Crippen molar-refractivity contribution in [2.45, 2.75) is 57.2 Å². The molecule has 26 heavy (non-hydrogen) atoms. The van der Waals surface area contributed by atoms with Crippen molar-refractivity contribution in [2.24, 2.45) is 0 Å². The fourth-order valence-electron chi connectivity index (χ4n) is 3.06. The summed E-state index contributed by atoms with van der Waals surface area (Å²) in [6, 6.07) is 5.27. The number of ether oxygens (including phenoxy) is 1. The standard InChI is InChI=1S/C19H26FNO5/c1-18(2,3)26-17(24)21-10-8-19(25,9-11-21)12-15(16(22)23)13-4-6-14(20)7-5-13/h4-7,15,25H,8-12H2,1-3H3,(H,22,23). The molecule has 1 amide bonds. The Kier molecular flexibility index (Phi) is 5.91. The lowest BCUT2D eigenvalue weighted by Crippen LogP contribution is -2.49. The van der Waals surface area contributed by atoms with E-state index in [-0.39, 0.29) is 19.3 Å². The van der Waals surface area contributed by atoms with Gasteiger partial charge >= 0.3 is 12.1 Å². The van der Waals surface area contributed by atoms with Gasteiger partial charge in [0.2, 0.25) is 0 Å². The molecule has 2 N–H and O–H groups in total. The number of nitrogens with zero attached hydrogens (tertiary/aromatic N) is 1. The van der Waals surface area contributed by atoms with Crippen LogP contribution >= 0.6 is 0 Å². The van der Waals surface area contributed by atoms with Gasteiger partial charge in [0.05, 0.1) is 11.5 Å². The third-order valence-corrected chi connectivity index (χ3v) is 4.50. The van der Waals surface area contributed by atoms with Gasteiger partial charge in [-0.2, -0.15) is 0 Å². The van der Waals surface area contributed by atoms with E-state index < -0.39 is 35.0 Å². The molecular formula is C19H26FNO5. The maximum Gasteiger partial charge on any atom is 0.410 e. The molecule has 144 valence electrons. The Morgan fingerprint density at radius 1 is 1.23 bits per heavy atom. The van der Waals surface area contributed by atoms with Crippen molar-refractivity contribution in [2.75, 3.05) is 13.1 Å². The Bertz CT molecular complexity index is 645. The average Bonchev–Trinajstić information content (AvgIpc) is 2.52. The number of amides is 1. The van der Waals surface area contributed by atoms with Crippen LogP contribution in [0.25, 0.3) is 0 Å². The number of carbonyl (C=O) groups is 2. The third kappa shape index (κ3) is 5.42. The molecule has 0 bridgehead atoms. The molecule has 1 aromatic carbocycles. The fraction of sp³-hybridized carbons (Fsp3) is 0.579. The first-order valence-electron chi connectivity index (χ1n) is 8.68. The Balaban J connectivity index is 2.01. The molecule has 0 aliphatic carbocycles. The van der Waals surface area contributed by atoms with Crippen molar-refractivity contribution in [3.8, 4) is 0 Å². The summed E-state index contributed by atoms with van der Waals surface area (Å²) in [5.41, 5.74) is -1.35. The van der Waals surface area contributed by atoms with Crippen LogP contribution in [0.3, 0.4) is 0 Å². The first-order valence-corrected chi connectivity index (χ1v) is 8.68. The first-order chi connectivity index (χ1) is 12.0. The number of aliphatic carboxylic acids is 1. The van der Waals surface area contributed by atoms with E-state index >= 15 is 0 Å². The SMILES string of the molecule is CC(C)(C)OC(=O)N1CCC(O)(CC(C(=O)O)c2ccc(F)cc2)CC1. The first kappa shape index (κ1) is 20.2. The van der Waals surface area contributed by atoms with Crippen LogP contribution in [0.1, 0.15) is 51.5 Å². The number of carbonyl (C=O) groups excluding carboxylic acids is 1. The highest BCUT2D eigenvalue weighted by Gasteiger charge is 2.39. The van der Waals surface area contributed by atoms with Gasteiger partial charge in [0.15, 0.2) is 0 Å². The summed E-state index contributed by atoms with van der Waals surface area (Å²) in [6.45, 7) is 5.93. The van der Waals surface area contributed by atoms with Crippen LogP contribution in [0.5, 0.6) is 0 Å². The predicted molar refractivity (Wildman–Crippen MR) is 93.4 cm³/mol. The van der Waals surface area contributed by atoms with E-state index in [0.717, 1.165) is 0 Å². The van der Waals surface area contributed by atoms with Crippen LogP contribution in [0.15, 0.2) is 24.3 Å².